The van der Waals surface area contributed by atoms with E-state index < -0.39 is 6.04 Å². The maximum atomic E-state index is 11.5. The molecular formula is C18H18N2O3. The van der Waals surface area contributed by atoms with E-state index in [0.29, 0.717) is 17.9 Å². The van der Waals surface area contributed by atoms with Gasteiger partial charge < -0.3 is 14.8 Å². The van der Waals surface area contributed by atoms with Gasteiger partial charge in [0.1, 0.15) is 25.0 Å². The van der Waals surface area contributed by atoms with Crippen LogP contribution in [0, 0.1) is 11.3 Å². The molecule has 0 aliphatic heterocycles. The van der Waals surface area contributed by atoms with Crippen LogP contribution < -0.4 is 10.1 Å². The minimum Gasteiger partial charge on any atom is -0.489 e. The van der Waals surface area contributed by atoms with Crippen molar-refractivity contribution in [1.29, 1.82) is 5.26 Å². The molecule has 1 atom stereocenters. The van der Waals surface area contributed by atoms with E-state index in [1.807, 2.05) is 30.3 Å². The third kappa shape index (κ3) is 5.13. The van der Waals surface area contributed by atoms with Crippen LogP contribution in [0.2, 0.25) is 0 Å². The first-order valence-corrected chi connectivity index (χ1v) is 7.17. The van der Waals surface area contributed by atoms with Gasteiger partial charge >= 0.3 is 0 Å². The van der Waals surface area contributed by atoms with Gasteiger partial charge in [-0.3, -0.25) is 4.79 Å². The fraction of sp³-hybridized carbons (Fsp3) is 0.222. The summed E-state index contributed by atoms with van der Waals surface area (Å²) in [6.45, 7) is 0.406. The first kappa shape index (κ1) is 16.5. The number of amides is 1. The van der Waals surface area contributed by atoms with Crippen molar-refractivity contribution >= 4 is 5.91 Å². The molecule has 0 saturated carbocycles. The topological polar surface area (TPSA) is 71.3 Å². The number of methoxy groups -OCH3 is 1. The average molecular weight is 310 g/mol. The van der Waals surface area contributed by atoms with Gasteiger partial charge in [0.2, 0.25) is 5.91 Å². The van der Waals surface area contributed by atoms with Crippen LogP contribution >= 0.6 is 0 Å². The number of carbonyl (C=O) groups is 1. The molecule has 0 saturated heterocycles. The lowest BCUT2D eigenvalue weighted by Crippen LogP contribution is -2.30. The Morgan fingerprint density at radius 3 is 2.48 bits per heavy atom. The minimum absolute atomic E-state index is 0.0730. The standard InChI is InChI=1S/C18H18N2O3/c1-22-13-18(21)20-17(11-19)15-7-9-16(10-8-15)23-12-14-5-3-2-4-6-14/h2-10,17H,12-13H2,1H3,(H,20,21). The quantitative estimate of drug-likeness (QED) is 0.853. The lowest BCUT2D eigenvalue weighted by Gasteiger charge is -2.12. The molecule has 2 aromatic rings. The molecule has 0 fully saturated rings. The maximum absolute atomic E-state index is 11.5. The lowest BCUT2D eigenvalue weighted by molar-refractivity contribution is -0.125. The molecule has 5 nitrogen and oxygen atoms in total. The number of rotatable bonds is 7. The van der Waals surface area contributed by atoms with Gasteiger partial charge in [-0.1, -0.05) is 42.5 Å². The summed E-state index contributed by atoms with van der Waals surface area (Å²) in [4.78, 5) is 11.5. The van der Waals surface area contributed by atoms with Crippen LogP contribution in [0.4, 0.5) is 0 Å². The smallest absolute Gasteiger partial charge is 0.247 e. The molecule has 0 spiro atoms. The molecule has 0 heterocycles. The zero-order valence-corrected chi connectivity index (χ0v) is 12.9. The molecule has 23 heavy (non-hydrogen) atoms. The summed E-state index contributed by atoms with van der Waals surface area (Å²) in [7, 11) is 1.43. The van der Waals surface area contributed by atoms with Crippen molar-refractivity contribution < 1.29 is 14.3 Å². The summed E-state index contributed by atoms with van der Waals surface area (Å²) in [6.07, 6.45) is 0. The van der Waals surface area contributed by atoms with Gasteiger partial charge in [-0.05, 0) is 23.3 Å². The average Bonchev–Trinajstić information content (AvgIpc) is 2.59. The zero-order chi connectivity index (χ0) is 16.5. The highest BCUT2D eigenvalue weighted by atomic mass is 16.5. The van der Waals surface area contributed by atoms with E-state index in [1.54, 1.807) is 24.3 Å². The monoisotopic (exact) mass is 310 g/mol. The Kier molecular flexibility index (Phi) is 6.16. The molecule has 0 aliphatic rings. The number of nitrogens with zero attached hydrogens (tertiary/aromatic N) is 1. The van der Waals surface area contributed by atoms with Gasteiger partial charge in [0.25, 0.3) is 0 Å². The van der Waals surface area contributed by atoms with Crippen molar-refractivity contribution in [2.24, 2.45) is 0 Å². The van der Waals surface area contributed by atoms with Gasteiger partial charge in [0.05, 0.1) is 6.07 Å². The second-order valence-electron chi connectivity index (χ2n) is 4.91. The lowest BCUT2D eigenvalue weighted by atomic mass is 10.1. The Morgan fingerprint density at radius 1 is 1.17 bits per heavy atom. The second-order valence-corrected chi connectivity index (χ2v) is 4.91. The van der Waals surface area contributed by atoms with Crippen molar-refractivity contribution in [3.63, 3.8) is 0 Å². The van der Waals surface area contributed by atoms with Gasteiger partial charge in [0.15, 0.2) is 0 Å². The van der Waals surface area contributed by atoms with E-state index in [2.05, 4.69) is 11.4 Å². The van der Waals surface area contributed by atoms with Gasteiger partial charge in [-0.2, -0.15) is 5.26 Å². The zero-order valence-electron chi connectivity index (χ0n) is 12.9. The first-order valence-electron chi connectivity index (χ1n) is 7.17. The summed E-state index contributed by atoms with van der Waals surface area (Å²) in [6, 6.07) is 18.3. The molecule has 118 valence electrons. The van der Waals surface area contributed by atoms with Crippen molar-refractivity contribution in [3.8, 4) is 11.8 Å². The van der Waals surface area contributed by atoms with E-state index in [1.165, 1.54) is 7.11 Å². The van der Waals surface area contributed by atoms with Crippen LogP contribution in [0.25, 0.3) is 0 Å². The van der Waals surface area contributed by atoms with E-state index in [-0.39, 0.29) is 12.5 Å². The highest BCUT2D eigenvalue weighted by molar-refractivity contribution is 5.78. The number of carbonyl (C=O) groups excluding carboxylic acids is 1. The van der Waals surface area contributed by atoms with E-state index in [9.17, 15) is 10.1 Å². The SMILES string of the molecule is COCC(=O)NC(C#N)c1ccc(OCc2ccccc2)cc1. The van der Waals surface area contributed by atoms with Crippen molar-refractivity contribution in [2.45, 2.75) is 12.6 Å². The Balaban J connectivity index is 1.95. The summed E-state index contributed by atoms with van der Waals surface area (Å²) < 4.78 is 10.4. The van der Waals surface area contributed by atoms with Crippen LogP contribution in [0.1, 0.15) is 17.2 Å². The highest BCUT2D eigenvalue weighted by Gasteiger charge is 2.13. The normalized spacial score (nSPS) is 11.3. The van der Waals surface area contributed by atoms with Gasteiger partial charge in [-0.15, -0.1) is 0 Å². The summed E-state index contributed by atoms with van der Waals surface area (Å²) in [5, 5.41) is 11.8. The van der Waals surface area contributed by atoms with Crippen molar-refractivity contribution in [2.75, 3.05) is 13.7 Å². The van der Waals surface area contributed by atoms with Crippen LogP contribution in [0.3, 0.4) is 0 Å². The Hall–Kier alpha value is -2.84. The van der Waals surface area contributed by atoms with Crippen LogP contribution in [0.5, 0.6) is 5.75 Å². The Bertz CT molecular complexity index is 663. The fourth-order valence-electron chi connectivity index (χ4n) is 2.02. The van der Waals surface area contributed by atoms with E-state index in [4.69, 9.17) is 9.47 Å². The maximum Gasteiger partial charge on any atom is 0.247 e. The molecule has 5 heteroatoms. The molecule has 1 unspecified atom stereocenters. The number of nitriles is 1. The van der Waals surface area contributed by atoms with Gasteiger partial charge in [-0.25, -0.2) is 0 Å². The minimum atomic E-state index is -0.708. The number of nitrogens with one attached hydrogen (secondary N) is 1. The van der Waals surface area contributed by atoms with Crippen molar-refractivity contribution in [3.05, 3.63) is 65.7 Å². The van der Waals surface area contributed by atoms with Crippen LogP contribution in [0.15, 0.2) is 54.6 Å². The van der Waals surface area contributed by atoms with Crippen molar-refractivity contribution in [1.82, 2.24) is 5.32 Å². The molecule has 0 bridgehead atoms. The number of hydrogen-bond acceptors (Lipinski definition) is 4. The highest BCUT2D eigenvalue weighted by Crippen LogP contribution is 2.18. The number of ether oxygens (including phenoxy) is 2. The fourth-order valence-corrected chi connectivity index (χ4v) is 2.02. The molecular weight excluding hydrogens is 292 g/mol. The van der Waals surface area contributed by atoms with E-state index >= 15 is 0 Å². The summed E-state index contributed by atoms with van der Waals surface area (Å²) >= 11 is 0. The van der Waals surface area contributed by atoms with Crippen LogP contribution in [-0.2, 0) is 16.1 Å². The molecule has 2 aromatic carbocycles. The third-order valence-electron chi connectivity index (χ3n) is 3.17. The summed E-state index contributed by atoms with van der Waals surface area (Å²) in [5.74, 6) is 0.376. The van der Waals surface area contributed by atoms with E-state index in [0.717, 1.165) is 5.56 Å². The number of hydrogen-bond donors (Lipinski definition) is 1. The second kappa shape index (κ2) is 8.57. The van der Waals surface area contributed by atoms with Crippen LogP contribution in [-0.4, -0.2) is 19.6 Å². The molecule has 1 amide bonds. The molecule has 0 aromatic heterocycles. The number of benzene rings is 2. The van der Waals surface area contributed by atoms with Gasteiger partial charge in [0, 0.05) is 7.11 Å². The molecule has 1 N–H and O–H groups in total. The first-order chi connectivity index (χ1) is 11.2. The predicted octanol–water partition coefficient (Wildman–Crippen LogP) is 2.59. The Labute approximate surface area is 135 Å². The molecule has 2 rings (SSSR count). The third-order valence-corrected chi connectivity index (χ3v) is 3.17. The molecule has 0 aliphatic carbocycles. The Morgan fingerprint density at radius 2 is 1.87 bits per heavy atom. The largest absolute Gasteiger partial charge is 0.489 e. The predicted molar refractivity (Wildman–Crippen MR) is 85.6 cm³/mol. The molecule has 0 radical (unpaired) electrons. The summed E-state index contributed by atoms with van der Waals surface area (Å²) in [5.41, 5.74) is 1.78.